The summed E-state index contributed by atoms with van der Waals surface area (Å²) in [6.07, 6.45) is 0.938. The van der Waals surface area contributed by atoms with Crippen LogP contribution in [0.1, 0.15) is 33.0 Å². The van der Waals surface area contributed by atoms with Crippen molar-refractivity contribution in [2.45, 2.75) is 12.8 Å². The lowest BCUT2D eigenvalue weighted by molar-refractivity contribution is -0.119. The van der Waals surface area contributed by atoms with Gasteiger partial charge in [0.25, 0.3) is 17.7 Å². The van der Waals surface area contributed by atoms with Gasteiger partial charge in [-0.2, -0.15) is 4.98 Å². The summed E-state index contributed by atoms with van der Waals surface area (Å²) < 4.78 is 10.5. The Morgan fingerprint density at radius 2 is 1.70 bits per heavy atom. The Hall–Kier alpha value is -4.01. The van der Waals surface area contributed by atoms with Gasteiger partial charge in [-0.3, -0.25) is 19.3 Å². The second-order valence-electron chi connectivity index (χ2n) is 6.70. The summed E-state index contributed by atoms with van der Waals surface area (Å²) in [7, 11) is 0. The number of imide groups is 1. The van der Waals surface area contributed by atoms with E-state index in [0.29, 0.717) is 41.4 Å². The molecule has 1 aromatic heterocycles. The van der Waals surface area contributed by atoms with Gasteiger partial charge >= 0.3 is 0 Å². The number of hydrogen-bond donors (Lipinski definition) is 1. The fraction of sp³-hybridized carbons (Fsp3) is 0.190. The number of amides is 3. The molecule has 3 aromatic rings. The molecular formula is C21H18N4O5. The molecule has 0 unspecified atom stereocenters. The molecule has 30 heavy (non-hydrogen) atoms. The van der Waals surface area contributed by atoms with E-state index in [2.05, 4.69) is 10.1 Å². The van der Waals surface area contributed by atoms with Crippen molar-refractivity contribution < 1.29 is 23.6 Å². The highest BCUT2D eigenvalue weighted by atomic mass is 16.5. The molecule has 4 rings (SSSR count). The summed E-state index contributed by atoms with van der Waals surface area (Å²) in [4.78, 5) is 41.1. The number of nitrogens with two attached hydrogens (primary N) is 1. The molecule has 152 valence electrons. The van der Waals surface area contributed by atoms with Gasteiger partial charge in [0, 0.05) is 18.5 Å². The molecule has 0 saturated carbocycles. The third-order valence-corrected chi connectivity index (χ3v) is 4.61. The van der Waals surface area contributed by atoms with E-state index in [4.69, 9.17) is 15.0 Å². The zero-order valence-electron chi connectivity index (χ0n) is 15.9. The molecule has 0 atom stereocenters. The highest BCUT2D eigenvalue weighted by Gasteiger charge is 2.34. The summed E-state index contributed by atoms with van der Waals surface area (Å²) in [6.45, 7) is 0.0781. The maximum Gasteiger partial charge on any atom is 0.261 e. The number of hydrogen-bond acceptors (Lipinski definition) is 7. The van der Waals surface area contributed by atoms with Gasteiger partial charge in [-0.25, -0.2) is 0 Å². The number of aromatic nitrogens is 2. The van der Waals surface area contributed by atoms with E-state index in [1.807, 2.05) is 0 Å². The minimum absolute atomic E-state index is 0.196. The highest BCUT2D eigenvalue weighted by Crippen LogP contribution is 2.23. The third-order valence-electron chi connectivity index (χ3n) is 4.61. The van der Waals surface area contributed by atoms with Crippen LogP contribution in [0, 0.1) is 0 Å². The van der Waals surface area contributed by atoms with Crippen molar-refractivity contribution in [3.63, 3.8) is 0 Å². The predicted molar refractivity (Wildman–Crippen MR) is 105 cm³/mol. The molecular weight excluding hydrogens is 388 g/mol. The van der Waals surface area contributed by atoms with Crippen LogP contribution in [0.4, 0.5) is 0 Å². The minimum atomic E-state index is -0.553. The van der Waals surface area contributed by atoms with Gasteiger partial charge in [0.2, 0.25) is 11.7 Å². The van der Waals surface area contributed by atoms with Crippen molar-refractivity contribution in [3.8, 4) is 17.1 Å². The Morgan fingerprint density at radius 3 is 2.33 bits per heavy atom. The Bertz CT molecular complexity index is 1070. The van der Waals surface area contributed by atoms with Gasteiger partial charge in [-0.15, -0.1) is 0 Å². The van der Waals surface area contributed by atoms with Crippen LogP contribution in [0.25, 0.3) is 11.4 Å². The van der Waals surface area contributed by atoms with Crippen LogP contribution < -0.4 is 10.5 Å². The van der Waals surface area contributed by atoms with Crippen molar-refractivity contribution in [1.82, 2.24) is 15.0 Å². The summed E-state index contributed by atoms with van der Waals surface area (Å²) in [6, 6.07) is 13.6. The Balaban J connectivity index is 1.33. The lowest BCUT2D eigenvalue weighted by Crippen LogP contribution is -2.30. The molecule has 0 fully saturated rings. The molecule has 9 heteroatoms. The minimum Gasteiger partial charge on any atom is -0.484 e. The van der Waals surface area contributed by atoms with Gasteiger partial charge in [-0.05, 0) is 42.8 Å². The van der Waals surface area contributed by atoms with Crippen molar-refractivity contribution in [1.29, 1.82) is 0 Å². The molecule has 0 saturated heterocycles. The first kappa shape index (κ1) is 19.3. The largest absolute Gasteiger partial charge is 0.484 e. The number of ether oxygens (including phenoxy) is 1. The van der Waals surface area contributed by atoms with E-state index >= 15 is 0 Å². The smallest absolute Gasteiger partial charge is 0.261 e. The molecule has 1 aliphatic heterocycles. The fourth-order valence-electron chi connectivity index (χ4n) is 3.16. The first-order valence-electron chi connectivity index (χ1n) is 9.32. The number of aryl methyl sites for hydroxylation is 1. The number of carbonyl (C=O) groups is 3. The second kappa shape index (κ2) is 8.16. The summed E-state index contributed by atoms with van der Waals surface area (Å²) in [5, 5.41) is 3.95. The number of fused-ring (bicyclic) bond motifs is 1. The first-order valence-corrected chi connectivity index (χ1v) is 9.32. The average molecular weight is 406 g/mol. The van der Waals surface area contributed by atoms with Gasteiger partial charge in [0.1, 0.15) is 5.75 Å². The summed E-state index contributed by atoms with van der Waals surface area (Å²) in [5.74, 6) is 0.217. The monoisotopic (exact) mass is 406 g/mol. The van der Waals surface area contributed by atoms with Crippen LogP contribution in [0.5, 0.6) is 5.75 Å². The summed E-state index contributed by atoms with van der Waals surface area (Å²) in [5.41, 5.74) is 6.64. The molecule has 3 amide bonds. The van der Waals surface area contributed by atoms with Crippen molar-refractivity contribution in [2.75, 3.05) is 13.2 Å². The van der Waals surface area contributed by atoms with Crippen LogP contribution in [0.15, 0.2) is 53.1 Å². The lowest BCUT2D eigenvalue weighted by atomic mass is 10.1. The predicted octanol–water partition coefficient (Wildman–Crippen LogP) is 1.83. The molecule has 2 aromatic carbocycles. The number of carbonyl (C=O) groups excluding carboxylic acids is 3. The lowest BCUT2D eigenvalue weighted by Gasteiger charge is -2.12. The average Bonchev–Trinajstić information content (AvgIpc) is 3.32. The maximum atomic E-state index is 12.4. The van der Waals surface area contributed by atoms with Crippen LogP contribution in [0.3, 0.4) is 0 Å². The molecule has 9 nitrogen and oxygen atoms in total. The van der Waals surface area contributed by atoms with Crippen molar-refractivity contribution >= 4 is 17.7 Å². The van der Waals surface area contributed by atoms with Gasteiger partial charge in [0.15, 0.2) is 6.61 Å². The zero-order valence-corrected chi connectivity index (χ0v) is 15.9. The zero-order chi connectivity index (χ0) is 21.1. The SMILES string of the molecule is NC(=O)COc1ccc(-c2noc(CCCN3C(=O)c4ccccc4C3=O)n2)cc1. The standard InChI is InChI=1S/C21H18N4O5/c22-17(26)12-29-14-9-7-13(8-10-14)19-23-18(30-24-19)6-3-11-25-20(27)15-4-1-2-5-16(15)21(25)28/h1-2,4-5,7-10H,3,6,11-12H2,(H2,22,26). The van der Waals surface area contributed by atoms with Gasteiger partial charge in [0.05, 0.1) is 11.1 Å². The fourth-order valence-corrected chi connectivity index (χ4v) is 3.16. The van der Waals surface area contributed by atoms with Crippen molar-refractivity contribution in [2.24, 2.45) is 5.73 Å². The van der Waals surface area contributed by atoms with E-state index < -0.39 is 5.91 Å². The van der Waals surface area contributed by atoms with Gasteiger partial charge in [-0.1, -0.05) is 17.3 Å². The Kier molecular flexibility index (Phi) is 5.25. The maximum absolute atomic E-state index is 12.4. The molecule has 2 N–H and O–H groups in total. The molecule has 0 radical (unpaired) electrons. The number of rotatable bonds is 8. The van der Waals surface area contributed by atoms with E-state index in [1.165, 1.54) is 4.90 Å². The second-order valence-corrected chi connectivity index (χ2v) is 6.70. The van der Waals surface area contributed by atoms with Crippen LogP contribution in [-0.4, -0.2) is 45.9 Å². The molecule has 0 aliphatic carbocycles. The third kappa shape index (κ3) is 3.90. The molecule has 2 heterocycles. The van der Waals surface area contributed by atoms with E-state index in [0.717, 1.165) is 5.56 Å². The van der Waals surface area contributed by atoms with E-state index in [1.54, 1.807) is 48.5 Å². The molecule has 0 bridgehead atoms. The first-order chi connectivity index (χ1) is 14.5. The normalized spacial score (nSPS) is 12.9. The number of primary amides is 1. The van der Waals surface area contributed by atoms with Crippen molar-refractivity contribution in [3.05, 3.63) is 65.5 Å². The topological polar surface area (TPSA) is 129 Å². The van der Waals surface area contributed by atoms with Crippen LogP contribution in [-0.2, 0) is 11.2 Å². The number of nitrogens with zero attached hydrogens (tertiary/aromatic N) is 3. The van der Waals surface area contributed by atoms with E-state index in [9.17, 15) is 14.4 Å². The quantitative estimate of drug-likeness (QED) is 0.565. The molecule has 1 aliphatic rings. The summed E-state index contributed by atoms with van der Waals surface area (Å²) >= 11 is 0. The highest BCUT2D eigenvalue weighted by molar-refractivity contribution is 6.21. The molecule has 0 spiro atoms. The Morgan fingerprint density at radius 1 is 1.03 bits per heavy atom. The Labute approximate surface area is 171 Å². The van der Waals surface area contributed by atoms with E-state index in [-0.39, 0.29) is 25.0 Å². The van der Waals surface area contributed by atoms with Crippen LogP contribution >= 0.6 is 0 Å². The number of benzene rings is 2. The van der Waals surface area contributed by atoms with Crippen LogP contribution in [0.2, 0.25) is 0 Å². The van der Waals surface area contributed by atoms with Gasteiger partial charge < -0.3 is 15.0 Å².